The molecule has 88 valence electrons. The van der Waals surface area contributed by atoms with Crippen LogP contribution in [0.1, 0.15) is 37.5 Å². The predicted molar refractivity (Wildman–Crippen MR) is 62.0 cm³/mol. The molecular weight excluding hydrogens is 204 g/mol. The number of carbonyl (C=O) groups excluding carboxylic acids is 1. The molecule has 0 fully saturated rings. The van der Waals surface area contributed by atoms with Crippen LogP contribution in [0.25, 0.3) is 0 Å². The summed E-state index contributed by atoms with van der Waals surface area (Å²) < 4.78 is 5.06. The molecule has 2 atom stereocenters. The minimum Gasteiger partial charge on any atom is -0.461 e. The summed E-state index contributed by atoms with van der Waals surface area (Å²) in [5, 5.41) is 9.75. The van der Waals surface area contributed by atoms with Gasteiger partial charge in [-0.15, -0.1) is 0 Å². The average Bonchev–Trinajstić information content (AvgIpc) is 2.28. The number of hydrogen-bond acceptors (Lipinski definition) is 3. The van der Waals surface area contributed by atoms with Crippen molar-refractivity contribution in [3.63, 3.8) is 0 Å². The number of aliphatic hydroxyl groups is 1. The van der Waals surface area contributed by atoms with Crippen molar-refractivity contribution in [3.05, 3.63) is 35.4 Å². The van der Waals surface area contributed by atoms with Crippen LogP contribution in [0.2, 0.25) is 0 Å². The van der Waals surface area contributed by atoms with Gasteiger partial charge in [0.1, 0.15) is 0 Å². The summed E-state index contributed by atoms with van der Waals surface area (Å²) in [6, 6.07) is 7.18. The molecule has 3 heteroatoms. The van der Waals surface area contributed by atoms with E-state index in [2.05, 4.69) is 0 Å². The minimum atomic E-state index is -1.19. The van der Waals surface area contributed by atoms with Crippen LogP contribution in [-0.2, 0) is 9.53 Å². The van der Waals surface area contributed by atoms with Gasteiger partial charge in [0.15, 0.2) is 6.10 Å². The second-order valence-electron chi connectivity index (χ2n) is 3.97. The molecule has 0 aliphatic heterocycles. The summed E-state index contributed by atoms with van der Waals surface area (Å²) in [6.45, 7) is 5.68. The zero-order valence-corrected chi connectivity index (χ0v) is 9.93. The van der Waals surface area contributed by atoms with E-state index >= 15 is 0 Å². The fraction of sp³-hybridized carbons (Fsp3) is 0.462. The van der Waals surface area contributed by atoms with E-state index in [-0.39, 0.29) is 6.10 Å². The molecule has 0 saturated carbocycles. The highest BCUT2D eigenvalue weighted by Crippen LogP contribution is 2.16. The number of carbonyl (C=O) groups is 1. The fourth-order valence-corrected chi connectivity index (χ4v) is 1.23. The van der Waals surface area contributed by atoms with Gasteiger partial charge >= 0.3 is 5.97 Å². The van der Waals surface area contributed by atoms with Crippen molar-refractivity contribution in [3.8, 4) is 0 Å². The van der Waals surface area contributed by atoms with Crippen molar-refractivity contribution in [1.29, 1.82) is 0 Å². The average molecular weight is 222 g/mol. The van der Waals surface area contributed by atoms with E-state index in [1.54, 1.807) is 19.1 Å². The van der Waals surface area contributed by atoms with E-state index < -0.39 is 12.1 Å². The van der Waals surface area contributed by atoms with Crippen molar-refractivity contribution in [2.75, 3.05) is 0 Å². The van der Waals surface area contributed by atoms with Gasteiger partial charge in [-0.1, -0.05) is 36.8 Å². The molecule has 0 saturated heterocycles. The zero-order chi connectivity index (χ0) is 12.1. The number of benzene rings is 1. The van der Waals surface area contributed by atoms with Crippen LogP contribution in [0.15, 0.2) is 24.3 Å². The molecule has 0 aromatic heterocycles. The van der Waals surface area contributed by atoms with Crippen molar-refractivity contribution in [2.24, 2.45) is 0 Å². The molecule has 0 bridgehead atoms. The Hall–Kier alpha value is -1.35. The number of aryl methyl sites for hydroxylation is 1. The maximum absolute atomic E-state index is 11.5. The summed E-state index contributed by atoms with van der Waals surface area (Å²) >= 11 is 0. The van der Waals surface area contributed by atoms with Gasteiger partial charge in [0.05, 0.1) is 6.10 Å². The molecule has 0 aliphatic rings. The van der Waals surface area contributed by atoms with E-state index in [9.17, 15) is 9.90 Å². The third kappa shape index (κ3) is 3.35. The fourth-order valence-electron chi connectivity index (χ4n) is 1.23. The molecule has 1 aromatic rings. The van der Waals surface area contributed by atoms with Crippen LogP contribution >= 0.6 is 0 Å². The van der Waals surface area contributed by atoms with Crippen molar-refractivity contribution in [2.45, 2.75) is 39.4 Å². The quantitative estimate of drug-likeness (QED) is 0.795. The molecule has 1 N–H and O–H groups in total. The Morgan fingerprint density at radius 3 is 2.44 bits per heavy atom. The van der Waals surface area contributed by atoms with Crippen LogP contribution in [0.5, 0.6) is 0 Å². The van der Waals surface area contributed by atoms with Crippen LogP contribution < -0.4 is 0 Å². The first-order valence-electron chi connectivity index (χ1n) is 5.49. The lowest BCUT2D eigenvalue weighted by Gasteiger charge is -2.15. The molecule has 0 spiro atoms. The topological polar surface area (TPSA) is 46.5 Å². The predicted octanol–water partition coefficient (Wildman–Crippen LogP) is 2.37. The Morgan fingerprint density at radius 1 is 1.38 bits per heavy atom. The van der Waals surface area contributed by atoms with E-state index in [1.807, 2.05) is 26.0 Å². The monoisotopic (exact) mass is 222 g/mol. The van der Waals surface area contributed by atoms with Gasteiger partial charge in [-0.25, -0.2) is 4.79 Å². The number of esters is 1. The second kappa shape index (κ2) is 5.66. The molecule has 0 aliphatic carbocycles. The normalized spacial score (nSPS) is 14.2. The van der Waals surface area contributed by atoms with Crippen LogP contribution in [0, 0.1) is 6.92 Å². The second-order valence-corrected chi connectivity index (χ2v) is 3.97. The van der Waals surface area contributed by atoms with Crippen molar-refractivity contribution < 1.29 is 14.6 Å². The summed E-state index contributed by atoms with van der Waals surface area (Å²) in [6.07, 6.45) is -0.603. The van der Waals surface area contributed by atoms with Crippen LogP contribution in [0.4, 0.5) is 0 Å². The van der Waals surface area contributed by atoms with Crippen LogP contribution in [-0.4, -0.2) is 17.2 Å². The Kier molecular flexibility index (Phi) is 4.50. The van der Waals surface area contributed by atoms with Gasteiger partial charge in [-0.05, 0) is 25.8 Å². The molecule has 3 nitrogen and oxygen atoms in total. The van der Waals surface area contributed by atoms with E-state index in [0.717, 1.165) is 12.0 Å². The molecule has 0 amide bonds. The van der Waals surface area contributed by atoms with Gasteiger partial charge in [0.2, 0.25) is 0 Å². The minimum absolute atomic E-state index is 0.160. The van der Waals surface area contributed by atoms with Gasteiger partial charge in [0.25, 0.3) is 0 Å². The Labute approximate surface area is 96.1 Å². The first-order chi connectivity index (χ1) is 7.54. The molecule has 1 aromatic carbocycles. The maximum Gasteiger partial charge on any atom is 0.339 e. The molecule has 0 heterocycles. The first-order valence-corrected chi connectivity index (χ1v) is 5.49. The number of hydrogen-bond donors (Lipinski definition) is 1. The highest BCUT2D eigenvalue weighted by atomic mass is 16.6. The maximum atomic E-state index is 11.5. The summed E-state index contributed by atoms with van der Waals surface area (Å²) in [4.78, 5) is 11.5. The van der Waals surface area contributed by atoms with Gasteiger partial charge in [0, 0.05) is 0 Å². The third-order valence-corrected chi connectivity index (χ3v) is 2.51. The molecule has 16 heavy (non-hydrogen) atoms. The summed E-state index contributed by atoms with van der Waals surface area (Å²) in [5.41, 5.74) is 1.66. The SMILES string of the molecule is CCC(C)OC(=O)C(O)c1ccc(C)cc1. The van der Waals surface area contributed by atoms with E-state index in [1.165, 1.54) is 0 Å². The van der Waals surface area contributed by atoms with Gasteiger partial charge in [-0.3, -0.25) is 0 Å². The van der Waals surface area contributed by atoms with Gasteiger partial charge < -0.3 is 9.84 Å². The summed E-state index contributed by atoms with van der Waals surface area (Å²) in [7, 11) is 0. The zero-order valence-electron chi connectivity index (χ0n) is 9.93. The molecule has 2 unspecified atom stereocenters. The molecular formula is C13H18O3. The largest absolute Gasteiger partial charge is 0.461 e. The van der Waals surface area contributed by atoms with Crippen molar-refractivity contribution in [1.82, 2.24) is 0 Å². The number of aliphatic hydroxyl groups excluding tert-OH is 1. The van der Waals surface area contributed by atoms with E-state index in [4.69, 9.17) is 4.74 Å². The lowest BCUT2D eigenvalue weighted by atomic mass is 10.1. The number of rotatable bonds is 4. The standard InChI is InChI=1S/C13H18O3/c1-4-10(3)16-13(15)12(14)11-7-5-9(2)6-8-11/h5-8,10,12,14H,4H2,1-3H3. The Bertz CT molecular complexity index is 343. The lowest BCUT2D eigenvalue weighted by Crippen LogP contribution is -2.20. The third-order valence-electron chi connectivity index (χ3n) is 2.51. The Morgan fingerprint density at radius 2 is 1.94 bits per heavy atom. The first kappa shape index (κ1) is 12.7. The number of ether oxygens (including phenoxy) is 1. The highest BCUT2D eigenvalue weighted by molar-refractivity contribution is 5.76. The van der Waals surface area contributed by atoms with Crippen LogP contribution in [0.3, 0.4) is 0 Å². The highest BCUT2D eigenvalue weighted by Gasteiger charge is 2.20. The lowest BCUT2D eigenvalue weighted by molar-refractivity contribution is -0.158. The van der Waals surface area contributed by atoms with Gasteiger partial charge in [-0.2, -0.15) is 0 Å². The van der Waals surface area contributed by atoms with E-state index in [0.29, 0.717) is 5.56 Å². The summed E-state index contributed by atoms with van der Waals surface area (Å²) in [5.74, 6) is -0.585. The van der Waals surface area contributed by atoms with Crippen molar-refractivity contribution >= 4 is 5.97 Å². The smallest absolute Gasteiger partial charge is 0.339 e. The Balaban J connectivity index is 2.66. The molecule has 0 radical (unpaired) electrons. The molecule has 1 rings (SSSR count).